The fourth-order valence-corrected chi connectivity index (χ4v) is 1.54. The van der Waals surface area contributed by atoms with Crippen LogP contribution in [-0.4, -0.2) is 30.0 Å². The number of nitrogens with zero attached hydrogens (tertiary/aromatic N) is 2. The molecule has 0 spiro atoms. The molecule has 92 valence electrons. The number of hydrogen-bond donors (Lipinski definition) is 0. The van der Waals surface area contributed by atoms with E-state index < -0.39 is 0 Å². The molecule has 0 atom stereocenters. The molecule has 0 aliphatic rings. The van der Waals surface area contributed by atoms with E-state index in [0.717, 1.165) is 0 Å². The minimum atomic E-state index is -0.202. The molecular weight excluding hydrogens is 232 g/mol. The van der Waals surface area contributed by atoms with Gasteiger partial charge in [0.25, 0.3) is 0 Å². The summed E-state index contributed by atoms with van der Waals surface area (Å²) >= 11 is 0. The normalized spacial score (nSPS) is 9.89. The standard InChI is InChI=1S/C13H12N2O3/c1-17-10-6-9(7-14-8-10)12(16)11-4-3-5-15-13(11)18-2/h3-8H,1-2H3. The molecule has 0 amide bonds. The van der Waals surface area contributed by atoms with Crippen LogP contribution in [0, 0.1) is 0 Å². The van der Waals surface area contributed by atoms with Gasteiger partial charge in [-0.1, -0.05) is 0 Å². The van der Waals surface area contributed by atoms with Crippen LogP contribution in [0.25, 0.3) is 0 Å². The Morgan fingerprint density at radius 3 is 2.78 bits per heavy atom. The molecule has 0 saturated heterocycles. The van der Waals surface area contributed by atoms with E-state index in [4.69, 9.17) is 9.47 Å². The molecule has 0 N–H and O–H groups in total. The van der Waals surface area contributed by atoms with Crippen LogP contribution in [0.15, 0.2) is 36.8 Å². The Balaban J connectivity index is 2.41. The minimum Gasteiger partial charge on any atom is -0.495 e. The Kier molecular flexibility index (Phi) is 3.52. The van der Waals surface area contributed by atoms with E-state index in [9.17, 15) is 4.79 Å². The summed E-state index contributed by atoms with van der Waals surface area (Å²) in [6, 6.07) is 4.97. The van der Waals surface area contributed by atoms with E-state index in [-0.39, 0.29) is 5.78 Å². The summed E-state index contributed by atoms with van der Waals surface area (Å²) in [5.41, 5.74) is 0.829. The predicted octanol–water partition coefficient (Wildman–Crippen LogP) is 1.72. The number of methoxy groups -OCH3 is 2. The number of aromatic nitrogens is 2. The zero-order chi connectivity index (χ0) is 13.0. The van der Waals surface area contributed by atoms with E-state index >= 15 is 0 Å². The van der Waals surface area contributed by atoms with E-state index in [1.807, 2.05) is 0 Å². The molecular formula is C13H12N2O3. The Morgan fingerprint density at radius 2 is 2.06 bits per heavy atom. The average molecular weight is 244 g/mol. The zero-order valence-corrected chi connectivity index (χ0v) is 10.1. The first-order valence-corrected chi connectivity index (χ1v) is 5.29. The largest absolute Gasteiger partial charge is 0.495 e. The molecule has 2 heterocycles. The lowest BCUT2D eigenvalue weighted by atomic mass is 10.1. The van der Waals surface area contributed by atoms with Crippen molar-refractivity contribution in [3.63, 3.8) is 0 Å². The second-order valence-electron chi connectivity index (χ2n) is 3.50. The summed E-state index contributed by atoms with van der Waals surface area (Å²) in [7, 11) is 3.00. The fraction of sp³-hybridized carbons (Fsp3) is 0.154. The van der Waals surface area contributed by atoms with Crippen LogP contribution in [0.4, 0.5) is 0 Å². The highest BCUT2D eigenvalue weighted by atomic mass is 16.5. The lowest BCUT2D eigenvalue weighted by molar-refractivity contribution is 0.103. The molecule has 5 nitrogen and oxygen atoms in total. The molecule has 2 aromatic rings. The van der Waals surface area contributed by atoms with Crippen molar-refractivity contribution >= 4 is 5.78 Å². The number of carbonyl (C=O) groups excluding carboxylic acids is 1. The van der Waals surface area contributed by atoms with Crippen LogP contribution in [0.5, 0.6) is 11.6 Å². The summed E-state index contributed by atoms with van der Waals surface area (Å²) in [5, 5.41) is 0. The van der Waals surface area contributed by atoms with Gasteiger partial charge in [0.1, 0.15) is 5.75 Å². The molecule has 2 aromatic heterocycles. The van der Waals surface area contributed by atoms with Gasteiger partial charge in [-0.2, -0.15) is 0 Å². The Hall–Kier alpha value is -2.43. The molecule has 5 heteroatoms. The van der Waals surface area contributed by atoms with Crippen molar-refractivity contribution in [3.05, 3.63) is 47.9 Å². The van der Waals surface area contributed by atoms with Crippen molar-refractivity contribution in [2.45, 2.75) is 0 Å². The summed E-state index contributed by atoms with van der Waals surface area (Å²) < 4.78 is 10.1. The van der Waals surface area contributed by atoms with Crippen molar-refractivity contribution in [2.75, 3.05) is 14.2 Å². The molecule has 0 aliphatic heterocycles. The number of rotatable bonds is 4. The third-order valence-corrected chi connectivity index (χ3v) is 2.42. The van der Waals surface area contributed by atoms with E-state index in [2.05, 4.69) is 9.97 Å². The van der Waals surface area contributed by atoms with Gasteiger partial charge in [-0.05, 0) is 18.2 Å². The van der Waals surface area contributed by atoms with Gasteiger partial charge >= 0.3 is 0 Å². The summed E-state index contributed by atoms with van der Waals surface area (Å²) in [4.78, 5) is 20.2. The molecule has 0 unspecified atom stereocenters. The van der Waals surface area contributed by atoms with Crippen LogP contribution in [0.2, 0.25) is 0 Å². The van der Waals surface area contributed by atoms with Crippen LogP contribution in [-0.2, 0) is 0 Å². The van der Waals surface area contributed by atoms with Crippen LogP contribution >= 0.6 is 0 Å². The second kappa shape index (κ2) is 5.27. The van der Waals surface area contributed by atoms with Gasteiger partial charge in [-0.3, -0.25) is 9.78 Å². The SMILES string of the molecule is COc1cncc(C(=O)c2cccnc2OC)c1. The molecule has 2 rings (SSSR count). The summed E-state index contributed by atoms with van der Waals surface area (Å²) in [5.74, 6) is 0.625. The highest BCUT2D eigenvalue weighted by molar-refractivity contribution is 6.10. The number of pyridine rings is 2. The van der Waals surface area contributed by atoms with Crippen molar-refractivity contribution in [3.8, 4) is 11.6 Å². The number of carbonyl (C=O) groups is 1. The monoisotopic (exact) mass is 244 g/mol. The Labute approximate surface area is 104 Å². The number of hydrogen-bond acceptors (Lipinski definition) is 5. The third kappa shape index (κ3) is 2.29. The second-order valence-corrected chi connectivity index (χ2v) is 3.50. The van der Waals surface area contributed by atoms with Crippen molar-refractivity contribution in [2.24, 2.45) is 0 Å². The lowest BCUT2D eigenvalue weighted by Gasteiger charge is -2.06. The van der Waals surface area contributed by atoms with Crippen LogP contribution in [0.1, 0.15) is 15.9 Å². The molecule has 0 bridgehead atoms. The molecule has 18 heavy (non-hydrogen) atoms. The molecule has 0 aliphatic carbocycles. The zero-order valence-electron chi connectivity index (χ0n) is 10.1. The average Bonchev–Trinajstić information content (AvgIpc) is 2.46. The lowest BCUT2D eigenvalue weighted by Crippen LogP contribution is -2.05. The van der Waals surface area contributed by atoms with Gasteiger partial charge in [-0.25, -0.2) is 4.98 Å². The molecule has 0 saturated carbocycles. The molecule has 0 radical (unpaired) electrons. The molecule has 0 fully saturated rings. The van der Waals surface area contributed by atoms with E-state index in [1.54, 1.807) is 24.4 Å². The third-order valence-electron chi connectivity index (χ3n) is 2.42. The van der Waals surface area contributed by atoms with E-state index in [0.29, 0.717) is 22.8 Å². The maximum Gasteiger partial charge on any atom is 0.224 e. The predicted molar refractivity (Wildman–Crippen MR) is 65.0 cm³/mol. The minimum absolute atomic E-state index is 0.202. The first kappa shape index (κ1) is 12.0. The topological polar surface area (TPSA) is 61.3 Å². The van der Waals surface area contributed by atoms with Gasteiger partial charge < -0.3 is 9.47 Å². The smallest absolute Gasteiger partial charge is 0.224 e. The van der Waals surface area contributed by atoms with Gasteiger partial charge in [0.2, 0.25) is 5.88 Å². The first-order valence-electron chi connectivity index (χ1n) is 5.29. The number of ketones is 1. The number of ether oxygens (including phenoxy) is 2. The van der Waals surface area contributed by atoms with E-state index in [1.165, 1.54) is 26.6 Å². The van der Waals surface area contributed by atoms with Crippen molar-refractivity contribution in [1.82, 2.24) is 9.97 Å². The Bertz CT molecular complexity index is 570. The van der Waals surface area contributed by atoms with Gasteiger partial charge in [0, 0.05) is 18.0 Å². The Morgan fingerprint density at radius 1 is 1.22 bits per heavy atom. The quantitative estimate of drug-likeness (QED) is 0.766. The van der Waals surface area contributed by atoms with Crippen LogP contribution < -0.4 is 9.47 Å². The van der Waals surface area contributed by atoms with Crippen LogP contribution in [0.3, 0.4) is 0 Å². The fourth-order valence-electron chi connectivity index (χ4n) is 1.54. The van der Waals surface area contributed by atoms with Gasteiger partial charge in [0.15, 0.2) is 5.78 Å². The van der Waals surface area contributed by atoms with Crippen molar-refractivity contribution in [1.29, 1.82) is 0 Å². The molecule has 0 aromatic carbocycles. The maximum atomic E-state index is 12.3. The first-order chi connectivity index (χ1) is 8.76. The highest BCUT2D eigenvalue weighted by Crippen LogP contribution is 2.20. The van der Waals surface area contributed by atoms with Gasteiger partial charge in [-0.15, -0.1) is 0 Å². The van der Waals surface area contributed by atoms with Crippen molar-refractivity contribution < 1.29 is 14.3 Å². The maximum absolute atomic E-state index is 12.3. The summed E-state index contributed by atoms with van der Waals surface area (Å²) in [6.07, 6.45) is 4.59. The summed E-state index contributed by atoms with van der Waals surface area (Å²) in [6.45, 7) is 0. The highest BCUT2D eigenvalue weighted by Gasteiger charge is 2.15. The van der Waals surface area contributed by atoms with Gasteiger partial charge in [0.05, 0.1) is 26.0 Å².